The van der Waals surface area contributed by atoms with Crippen molar-refractivity contribution in [2.75, 3.05) is 5.32 Å². The number of anilines is 1. The topological polar surface area (TPSA) is 86.2 Å². The van der Waals surface area contributed by atoms with Gasteiger partial charge in [-0.3, -0.25) is 18.7 Å². The van der Waals surface area contributed by atoms with Crippen LogP contribution in [0, 0.1) is 13.8 Å². The number of aromatic nitrogens is 2. The average molecular weight is 468 g/mol. The fraction of sp³-hybridized carbons (Fsp3) is 0.179. The van der Waals surface area contributed by atoms with Crippen LogP contribution in [0.5, 0.6) is 0 Å². The molecule has 2 heterocycles. The summed E-state index contributed by atoms with van der Waals surface area (Å²) in [6.07, 6.45) is 0.497. The highest BCUT2D eigenvalue weighted by molar-refractivity contribution is 6.03. The normalized spacial score (nSPS) is 11.3. The Morgan fingerprint density at radius 3 is 2.40 bits per heavy atom. The Hall–Kier alpha value is -4.39. The third kappa shape index (κ3) is 4.28. The molecular formula is C28H25N3O4. The zero-order valence-electron chi connectivity index (χ0n) is 19.6. The molecule has 5 rings (SSSR count). The van der Waals surface area contributed by atoms with Gasteiger partial charge in [0.25, 0.3) is 5.56 Å². The first-order chi connectivity index (χ1) is 16.9. The van der Waals surface area contributed by atoms with Gasteiger partial charge in [-0.15, -0.1) is 0 Å². The number of amides is 1. The van der Waals surface area contributed by atoms with E-state index < -0.39 is 11.2 Å². The van der Waals surface area contributed by atoms with Gasteiger partial charge in [0.05, 0.1) is 0 Å². The Morgan fingerprint density at radius 1 is 0.886 bits per heavy atom. The molecule has 0 unspecified atom stereocenters. The molecule has 5 aromatic rings. The van der Waals surface area contributed by atoms with Crippen molar-refractivity contribution in [2.45, 2.75) is 33.4 Å². The predicted molar refractivity (Wildman–Crippen MR) is 137 cm³/mol. The second-order valence-electron chi connectivity index (χ2n) is 8.68. The monoisotopic (exact) mass is 467 g/mol. The number of benzene rings is 3. The molecule has 3 aromatic carbocycles. The maximum Gasteiger partial charge on any atom is 0.332 e. The Morgan fingerprint density at radius 2 is 1.63 bits per heavy atom. The van der Waals surface area contributed by atoms with E-state index in [2.05, 4.69) is 5.32 Å². The first-order valence-electron chi connectivity index (χ1n) is 11.5. The summed E-state index contributed by atoms with van der Waals surface area (Å²) in [4.78, 5) is 39.9. The molecule has 0 radical (unpaired) electrons. The standard InChI is InChI=1S/C28H25N3O4/c1-18-12-13-21(16-19(18)2)29-24(32)17-31-25-22-10-6-7-11-23(22)35-26(25)27(33)30(28(31)34)15-14-20-8-4-3-5-9-20/h3-13,16H,14-15,17H2,1-2H3,(H,29,32). The molecule has 0 spiro atoms. The van der Waals surface area contributed by atoms with Gasteiger partial charge in [-0.25, -0.2) is 4.79 Å². The predicted octanol–water partition coefficient (Wildman–Crippen LogP) is 4.41. The van der Waals surface area contributed by atoms with E-state index in [0.29, 0.717) is 28.6 Å². The summed E-state index contributed by atoms with van der Waals surface area (Å²) in [5.74, 6) is -0.366. The maximum atomic E-state index is 13.6. The molecule has 35 heavy (non-hydrogen) atoms. The largest absolute Gasteiger partial charge is 0.449 e. The summed E-state index contributed by atoms with van der Waals surface area (Å²) in [6, 6.07) is 22.4. The number of furan rings is 1. The lowest BCUT2D eigenvalue weighted by Gasteiger charge is -2.13. The lowest BCUT2D eigenvalue weighted by molar-refractivity contribution is -0.116. The highest BCUT2D eigenvalue weighted by Crippen LogP contribution is 2.25. The van der Waals surface area contributed by atoms with Gasteiger partial charge in [0, 0.05) is 17.6 Å². The highest BCUT2D eigenvalue weighted by atomic mass is 16.3. The van der Waals surface area contributed by atoms with Crippen molar-refractivity contribution in [3.8, 4) is 0 Å². The van der Waals surface area contributed by atoms with Gasteiger partial charge in [0.2, 0.25) is 11.5 Å². The number of carbonyl (C=O) groups is 1. The summed E-state index contributed by atoms with van der Waals surface area (Å²) >= 11 is 0. The number of carbonyl (C=O) groups excluding carboxylic acids is 1. The first kappa shape index (κ1) is 22.4. The number of aryl methyl sites for hydroxylation is 3. The first-order valence-corrected chi connectivity index (χ1v) is 11.5. The van der Waals surface area contributed by atoms with Crippen LogP contribution in [-0.4, -0.2) is 15.0 Å². The second-order valence-corrected chi connectivity index (χ2v) is 8.68. The van der Waals surface area contributed by atoms with E-state index in [9.17, 15) is 14.4 Å². The SMILES string of the molecule is Cc1ccc(NC(=O)Cn2c(=O)n(CCc3ccccc3)c(=O)c3oc4ccccc4c32)cc1C. The van der Waals surface area contributed by atoms with E-state index in [1.165, 1.54) is 4.57 Å². The molecule has 176 valence electrons. The number of para-hydroxylation sites is 1. The molecule has 2 aromatic heterocycles. The second kappa shape index (κ2) is 9.10. The lowest BCUT2D eigenvalue weighted by Crippen LogP contribution is -2.41. The Balaban J connectivity index is 1.58. The van der Waals surface area contributed by atoms with E-state index in [-0.39, 0.29) is 24.6 Å². The number of fused-ring (bicyclic) bond motifs is 3. The zero-order chi connectivity index (χ0) is 24.5. The zero-order valence-corrected chi connectivity index (χ0v) is 19.6. The molecule has 7 heteroatoms. The van der Waals surface area contributed by atoms with Crippen molar-refractivity contribution >= 4 is 33.7 Å². The van der Waals surface area contributed by atoms with Crippen molar-refractivity contribution in [3.05, 3.63) is 110 Å². The minimum atomic E-state index is -0.541. The van der Waals surface area contributed by atoms with Gasteiger partial charge < -0.3 is 9.73 Å². The van der Waals surface area contributed by atoms with E-state index >= 15 is 0 Å². The molecular weight excluding hydrogens is 442 g/mol. The summed E-state index contributed by atoms with van der Waals surface area (Å²) in [6.45, 7) is 3.89. The maximum absolute atomic E-state index is 13.6. The minimum absolute atomic E-state index is 0.0674. The number of hydrogen-bond acceptors (Lipinski definition) is 4. The molecule has 0 aliphatic heterocycles. The number of rotatable bonds is 6. The number of hydrogen-bond donors (Lipinski definition) is 1. The van der Waals surface area contributed by atoms with Crippen LogP contribution in [0.15, 0.2) is 86.8 Å². The summed E-state index contributed by atoms with van der Waals surface area (Å²) < 4.78 is 8.37. The molecule has 7 nitrogen and oxygen atoms in total. The van der Waals surface area contributed by atoms with Gasteiger partial charge in [-0.2, -0.15) is 0 Å². The van der Waals surface area contributed by atoms with Gasteiger partial charge in [0.1, 0.15) is 17.6 Å². The van der Waals surface area contributed by atoms with Crippen molar-refractivity contribution in [1.29, 1.82) is 0 Å². The van der Waals surface area contributed by atoms with Gasteiger partial charge in [-0.05, 0) is 61.2 Å². The van der Waals surface area contributed by atoms with Gasteiger partial charge >= 0.3 is 5.69 Å². The fourth-order valence-electron chi connectivity index (χ4n) is 4.29. The van der Waals surface area contributed by atoms with Gasteiger partial charge in [0.15, 0.2) is 0 Å². The summed E-state index contributed by atoms with van der Waals surface area (Å²) in [5.41, 5.74) is 3.68. The van der Waals surface area contributed by atoms with Crippen molar-refractivity contribution in [1.82, 2.24) is 9.13 Å². The molecule has 0 bridgehead atoms. The molecule has 0 aliphatic rings. The van der Waals surface area contributed by atoms with Crippen LogP contribution in [0.4, 0.5) is 5.69 Å². The van der Waals surface area contributed by atoms with Crippen LogP contribution in [-0.2, 0) is 24.3 Å². The van der Waals surface area contributed by atoms with Crippen molar-refractivity contribution < 1.29 is 9.21 Å². The van der Waals surface area contributed by atoms with E-state index in [1.54, 1.807) is 18.2 Å². The number of nitrogens with zero attached hydrogens (tertiary/aromatic N) is 2. The van der Waals surface area contributed by atoms with E-state index in [0.717, 1.165) is 21.3 Å². The molecule has 1 amide bonds. The van der Waals surface area contributed by atoms with Crippen LogP contribution in [0.2, 0.25) is 0 Å². The third-order valence-corrected chi connectivity index (χ3v) is 6.30. The van der Waals surface area contributed by atoms with Crippen LogP contribution < -0.4 is 16.6 Å². The molecule has 0 aliphatic carbocycles. The van der Waals surface area contributed by atoms with Gasteiger partial charge in [-0.1, -0.05) is 48.5 Å². The van der Waals surface area contributed by atoms with E-state index in [1.807, 2.05) is 68.4 Å². The molecule has 0 saturated carbocycles. The molecule has 0 atom stereocenters. The smallest absolute Gasteiger partial charge is 0.332 e. The van der Waals surface area contributed by atoms with Crippen LogP contribution in [0.1, 0.15) is 16.7 Å². The lowest BCUT2D eigenvalue weighted by atomic mass is 10.1. The van der Waals surface area contributed by atoms with E-state index in [4.69, 9.17) is 4.42 Å². The third-order valence-electron chi connectivity index (χ3n) is 6.30. The fourth-order valence-corrected chi connectivity index (χ4v) is 4.29. The number of nitrogens with one attached hydrogen (secondary N) is 1. The van der Waals surface area contributed by atoms with Crippen LogP contribution in [0.25, 0.3) is 22.1 Å². The Labute approximate surface area is 201 Å². The Kier molecular flexibility index (Phi) is 5.82. The molecule has 0 fully saturated rings. The quantitative estimate of drug-likeness (QED) is 0.401. The van der Waals surface area contributed by atoms with Crippen molar-refractivity contribution in [3.63, 3.8) is 0 Å². The van der Waals surface area contributed by atoms with Crippen LogP contribution >= 0.6 is 0 Å². The molecule has 1 N–H and O–H groups in total. The summed E-state index contributed by atoms with van der Waals surface area (Å²) in [7, 11) is 0. The minimum Gasteiger partial charge on any atom is -0.449 e. The van der Waals surface area contributed by atoms with Crippen molar-refractivity contribution in [2.24, 2.45) is 0 Å². The average Bonchev–Trinajstić information content (AvgIpc) is 3.24. The molecule has 0 saturated heterocycles. The highest BCUT2D eigenvalue weighted by Gasteiger charge is 2.21. The Bertz CT molecular complexity index is 1680. The van der Waals surface area contributed by atoms with Crippen LogP contribution in [0.3, 0.4) is 0 Å². The summed E-state index contributed by atoms with van der Waals surface area (Å²) in [5, 5.41) is 3.48.